The number of nitrogens with zero attached hydrogens (tertiary/aromatic N) is 1. The van der Waals surface area contributed by atoms with Gasteiger partial charge in [-0.2, -0.15) is 4.31 Å². The van der Waals surface area contributed by atoms with E-state index in [4.69, 9.17) is 28.4 Å². The van der Waals surface area contributed by atoms with Crippen molar-refractivity contribution < 1.29 is 22.8 Å². The van der Waals surface area contributed by atoms with Crippen molar-refractivity contribution in [1.82, 2.24) is 9.79 Å². The maximum Gasteiger partial charge on any atom is 0.244 e. The van der Waals surface area contributed by atoms with Crippen LogP contribution in [0.25, 0.3) is 0 Å². The molecule has 2 rings (SSSR count). The number of rotatable bonds is 7. The standard InChI is InChI=1S/C16H15Cl2FN2O4S/c17-14-2-1-3-15(18)13(14)10-21(9-8-16(22)20-23)26(24,25)12-6-4-11(19)5-7-12/h1-7,23H,8-10H2,(H,20,22). The predicted molar refractivity (Wildman–Crippen MR) is 95.0 cm³/mol. The molecule has 0 spiro atoms. The van der Waals surface area contributed by atoms with Gasteiger partial charge in [-0.25, -0.2) is 18.3 Å². The molecule has 0 bridgehead atoms. The van der Waals surface area contributed by atoms with Crippen LogP contribution in [-0.4, -0.2) is 30.4 Å². The number of sulfonamides is 1. The van der Waals surface area contributed by atoms with Gasteiger partial charge in [0.15, 0.2) is 0 Å². The fraction of sp³-hybridized carbons (Fsp3) is 0.188. The fourth-order valence-electron chi connectivity index (χ4n) is 2.18. The quantitative estimate of drug-likeness (QED) is 0.531. The summed E-state index contributed by atoms with van der Waals surface area (Å²) >= 11 is 12.2. The summed E-state index contributed by atoms with van der Waals surface area (Å²) < 4.78 is 39.9. The molecule has 6 nitrogen and oxygen atoms in total. The Hall–Kier alpha value is -1.71. The van der Waals surface area contributed by atoms with Crippen LogP contribution in [-0.2, 0) is 21.4 Å². The van der Waals surface area contributed by atoms with Crippen LogP contribution in [0.1, 0.15) is 12.0 Å². The van der Waals surface area contributed by atoms with Crippen molar-refractivity contribution in [2.75, 3.05) is 6.54 Å². The summed E-state index contributed by atoms with van der Waals surface area (Å²) in [5.74, 6) is -1.33. The van der Waals surface area contributed by atoms with Gasteiger partial charge >= 0.3 is 0 Å². The van der Waals surface area contributed by atoms with Crippen molar-refractivity contribution in [3.05, 3.63) is 63.9 Å². The molecule has 0 saturated heterocycles. The summed E-state index contributed by atoms with van der Waals surface area (Å²) in [4.78, 5) is 11.2. The number of halogens is 3. The highest BCUT2D eigenvalue weighted by atomic mass is 35.5. The Morgan fingerprint density at radius 3 is 2.23 bits per heavy atom. The second kappa shape index (κ2) is 8.79. The third kappa shape index (κ3) is 4.93. The third-order valence-corrected chi connectivity index (χ3v) is 6.13. The van der Waals surface area contributed by atoms with Crippen molar-refractivity contribution in [2.45, 2.75) is 17.9 Å². The maximum absolute atomic E-state index is 13.1. The van der Waals surface area contributed by atoms with E-state index >= 15 is 0 Å². The zero-order chi connectivity index (χ0) is 19.3. The van der Waals surface area contributed by atoms with Gasteiger partial charge in [0.25, 0.3) is 0 Å². The second-order valence-corrected chi connectivity index (χ2v) is 8.03. The highest BCUT2D eigenvalue weighted by Gasteiger charge is 2.26. The van der Waals surface area contributed by atoms with Gasteiger partial charge in [0.2, 0.25) is 15.9 Å². The normalized spacial score (nSPS) is 11.6. The zero-order valence-electron chi connectivity index (χ0n) is 13.3. The Balaban J connectivity index is 2.39. The fourth-order valence-corrected chi connectivity index (χ4v) is 4.11. The summed E-state index contributed by atoms with van der Waals surface area (Å²) in [6, 6.07) is 9.03. The van der Waals surface area contributed by atoms with Crippen LogP contribution < -0.4 is 5.48 Å². The number of carbonyl (C=O) groups excluding carboxylic acids is 1. The summed E-state index contributed by atoms with van der Waals surface area (Å²) in [7, 11) is -4.07. The van der Waals surface area contributed by atoms with Crippen molar-refractivity contribution >= 4 is 39.1 Å². The third-order valence-electron chi connectivity index (χ3n) is 3.56. The molecule has 1 amide bonds. The van der Waals surface area contributed by atoms with Gasteiger partial charge in [0.1, 0.15) is 5.82 Å². The summed E-state index contributed by atoms with van der Waals surface area (Å²) in [5, 5.41) is 9.16. The van der Waals surface area contributed by atoms with Gasteiger partial charge in [0, 0.05) is 35.1 Å². The molecule has 0 heterocycles. The molecule has 0 aliphatic carbocycles. The van der Waals surface area contributed by atoms with E-state index in [1.54, 1.807) is 18.2 Å². The van der Waals surface area contributed by atoms with Crippen LogP contribution >= 0.6 is 23.2 Å². The number of amides is 1. The van der Waals surface area contributed by atoms with E-state index in [9.17, 15) is 17.6 Å². The lowest BCUT2D eigenvalue weighted by Gasteiger charge is -2.23. The van der Waals surface area contributed by atoms with Crippen molar-refractivity contribution in [2.24, 2.45) is 0 Å². The van der Waals surface area contributed by atoms with E-state index in [-0.39, 0.29) is 34.5 Å². The van der Waals surface area contributed by atoms with E-state index < -0.39 is 21.7 Å². The molecule has 0 aliphatic heterocycles. The molecule has 0 unspecified atom stereocenters. The zero-order valence-corrected chi connectivity index (χ0v) is 15.7. The summed E-state index contributed by atoms with van der Waals surface area (Å²) in [5.41, 5.74) is 1.81. The van der Waals surface area contributed by atoms with E-state index in [1.807, 2.05) is 0 Å². The number of hydroxylamine groups is 1. The van der Waals surface area contributed by atoms with Gasteiger partial charge in [-0.1, -0.05) is 29.3 Å². The van der Waals surface area contributed by atoms with Gasteiger partial charge in [-0.15, -0.1) is 0 Å². The molecule has 0 fully saturated rings. The Bertz CT molecular complexity index is 871. The highest BCUT2D eigenvalue weighted by Crippen LogP contribution is 2.28. The second-order valence-electron chi connectivity index (χ2n) is 5.28. The lowest BCUT2D eigenvalue weighted by Crippen LogP contribution is -2.34. The van der Waals surface area contributed by atoms with Gasteiger partial charge in [-0.05, 0) is 36.4 Å². The van der Waals surface area contributed by atoms with Crippen LogP contribution in [0, 0.1) is 5.82 Å². The largest absolute Gasteiger partial charge is 0.289 e. The minimum absolute atomic E-state index is 0.147. The molecule has 10 heteroatoms. The molecule has 0 aliphatic rings. The highest BCUT2D eigenvalue weighted by molar-refractivity contribution is 7.89. The first-order chi connectivity index (χ1) is 12.3. The Kier molecular flexibility index (Phi) is 6.96. The topological polar surface area (TPSA) is 86.7 Å². The maximum atomic E-state index is 13.1. The van der Waals surface area contributed by atoms with Crippen LogP contribution in [0.5, 0.6) is 0 Å². The Labute approximate surface area is 160 Å². The van der Waals surface area contributed by atoms with Gasteiger partial charge in [-0.3, -0.25) is 10.0 Å². The molecule has 0 atom stereocenters. The number of nitrogens with one attached hydrogen (secondary N) is 1. The van der Waals surface area contributed by atoms with Crippen molar-refractivity contribution in [3.8, 4) is 0 Å². The first-order valence-electron chi connectivity index (χ1n) is 7.37. The molecule has 0 radical (unpaired) electrons. The van der Waals surface area contributed by atoms with Crippen molar-refractivity contribution in [3.63, 3.8) is 0 Å². The van der Waals surface area contributed by atoms with Crippen LogP contribution in [0.3, 0.4) is 0 Å². The summed E-state index contributed by atoms with van der Waals surface area (Å²) in [6.45, 7) is -0.440. The molecule has 2 N–H and O–H groups in total. The average Bonchev–Trinajstić information content (AvgIpc) is 2.60. The minimum atomic E-state index is -4.07. The number of hydrogen-bond acceptors (Lipinski definition) is 4. The molecule has 0 saturated carbocycles. The van der Waals surface area contributed by atoms with Crippen LogP contribution in [0.15, 0.2) is 47.4 Å². The SMILES string of the molecule is O=C(CCN(Cc1c(Cl)cccc1Cl)S(=O)(=O)c1ccc(F)cc1)NO. The average molecular weight is 421 g/mol. The molecule has 26 heavy (non-hydrogen) atoms. The predicted octanol–water partition coefficient (Wildman–Crippen LogP) is 3.22. The number of hydrogen-bond donors (Lipinski definition) is 2. The summed E-state index contributed by atoms with van der Waals surface area (Å²) in [6.07, 6.45) is -0.293. The molecule has 0 aromatic heterocycles. The monoisotopic (exact) mass is 420 g/mol. The van der Waals surface area contributed by atoms with Crippen molar-refractivity contribution in [1.29, 1.82) is 0 Å². The first kappa shape index (κ1) is 20.6. The lowest BCUT2D eigenvalue weighted by atomic mass is 10.2. The Morgan fingerprint density at radius 2 is 1.69 bits per heavy atom. The smallest absolute Gasteiger partial charge is 0.244 e. The first-order valence-corrected chi connectivity index (χ1v) is 9.57. The van der Waals surface area contributed by atoms with Gasteiger partial charge in [0.05, 0.1) is 4.90 Å². The van der Waals surface area contributed by atoms with Gasteiger partial charge < -0.3 is 0 Å². The number of benzene rings is 2. The molecule has 2 aromatic rings. The number of carbonyl (C=O) groups is 1. The van der Waals surface area contributed by atoms with E-state index in [2.05, 4.69) is 0 Å². The van der Waals surface area contributed by atoms with Crippen LogP contribution in [0.4, 0.5) is 4.39 Å². The Morgan fingerprint density at radius 1 is 1.12 bits per heavy atom. The molecular weight excluding hydrogens is 406 g/mol. The van der Waals surface area contributed by atoms with E-state index in [1.165, 1.54) is 5.48 Å². The minimum Gasteiger partial charge on any atom is -0.289 e. The van der Waals surface area contributed by atoms with Crippen LogP contribution in [0.2, 0.25) is 10.0 Å². The molecular formula is C16H15Cl2FN2O4S. The molecule has 2 aromatic carbocycles. The molecule has 140 valence electrons. The lowest BCUT2D eigenvalue weighted by molar-refractivity contribution is -0.129. The van der Waals surface area contributed by atoms with E-state index in [0.29, 0.717) is 5.56 Å². The van der Waals surface area contributed by atoms with E-state index in [0.717, 1.165) is 28.6 Å².